The molecular weight excluding hydrogens is 318 g/mol. The van der Waals surface area contributed by atoms with Gasteiger partial charge in [0.05, 0.1) is 0 Å². The third kappa shape index (κ3) is 4.68. The third-order valence-corrected chi connectivity index (χ3v) is 4.67. The summed E-state index contributed by atoms with van der Waals surface area (Å²) in [5.74, 6) is 1.08. The quantitative estimate of drug-likeness (QED) is 0.595. The molecule has 0 radical (unpaired) electrons. The van der Waals surface area contributed by atoms with Crippen molar-refractivity contribution in [1.29, 1.82) is 0 Å². The van der Waals surface area contributed by atoms with Gasteiger partial charge in [-0.05, 0) is 30.7 Å². The summed E-state index contributed by atoms with van der Waals surface area (Å²) >= 11 is 5.48. The van der Waals surface area contributed by atoms with Gasteiger partial charge in [0, 0.05) is 27.7 Å². The smallest absolute Gasteiger partial charge is 0.0303 e. The van der Waals surface area contributed by atoms with Crippen molar-refractivity contribution in [2.24, 2.45) is 0 Å². The molecule has 0 aliphatic carbocycles. The Bertz CT molecular complexity index is 501. The monoisotopic (exact) mass is 335 g/mol. The van der Waals surface area contributed by atoms with Gasteiger partial charge >= 0.3 is 0 Å². The lowest BCUT2D eigenvalue weighted by atomic mass is 10.1. The van der Waals surface area contributed by atoms with E-state index >= 15 is 0 Å². The Hall–Kier alpha value is -0.770. The molecule has 2 rings (SSSR count). The van der Waals surface area contributed by atoms with Crippen LogP contribution in [0.5, 0.6) is 0 Å². The van der Waals surface area contributed by atoms with E-state index in [0.717, 1.165) is 12.3 Å². The molecular formula is C16H18BrNS. The molecule has 1 nitrogen and oxygen atoms in total. The molecule has 19 heavy (non-hydrogen) atoms. The molecule has 0 saturated carbocycles. The number of rotatable bonds is 6. The highest BCUT2D eigenvalue weighted by Crippen LogP contribution is 2.23. The summed E-state index contributed by atoms with van der Waals surface area (Å²) < 4.78 is 1.17. The van der Waals surface area contributed by atoms with Gasteiger partial charge in [-0.1, -0.05) is 52.3 Å². The number of halogens is 1. The lowest BCUT2D eigenvalue weighted by Gasteiger charge is -2.15. The zero-order chi connectivity index (χ0) is 13.5. The minimum absolute atomic E-state index is 0.368. The van der Waals surface area contributed by atoms with Gasteiger partial charge in [0.2, 0.25) is 0 Å². The van der Waals surface area contributed by atoms with E-state index in [0.29, 0.717) is 6.04 Å². The zero-order valence-electron chi connectivity index (χ0n) is 11.0. The van der Waals surface area contributed by atoms with Gasteiger partial charge in [-0.3, -0.25) is 0 Å². The van der Waals surface area contributed by atoms with Gasteiger partial charge in [0.1, 0.15) is 0 Å². The van der Waals surface area contributed by atoms with E-state index < -0.39 is 0 Å². The fraction of sp³-hybridized carbons (Fsp3) is 0.250. The van der Waals surface area contributed by atoms with Crippen LogP contribution in [0.2, 0.25) is 0 Å². The molecule has 0 bridgehead atoms. The Morgan fingerprint density at radius 1 is 1.05 bits per heavy atom. The normalized spacial score (nSPS) is 12.3. The van der Waals surface area contributed by atoms with Crippen LogP contribution in [-0.2, 0) is 0 Å². The number of hydrogen-bond acceptors (Lipinski definition) is 2. The summed E-state index contributed by atoms with van der Waals surface area (Å²) in [5, 5.41) is 3.56. The zero-order valence-corrected chi connectivity index (χ0v) is 13.4. The summed E-state index contributed by atoms with van der Waals surface area (Å²) in [7, 11) is 0. The van der Waals surface area contributed by atoms with E-state index in [1.54, 1.807) is 0 Å². The molecule has 0 saturated heterocycles. The summed E-state index contributed by atoms with van der Waals surface area (Å²) in [6.45, 7) is 3.20. The molecule has 2 aromatic rings. The van der Waals surface area contributed by atoms with Gasteiger partial charge in [0.25, 0.3) is 0 Å². The van der Waals surface area contributed by atoms with Crippen LogP contribution in [0.4, 0.5) is 0 Å². The fourth-order valence-electron chi connectivity index (χ4n) is 1.90. The highest BCUT2D eigenvalue weighted by molar-refractivity contribution is 9.10. The first kappa shape index (κ1) is 14.6. The van der Waals surface area contributed by atoms with Crippen LogP contribution in [0.15, 0.2) is 64.0 Å². The average Bonchev–Trinajstić information content (AvgIpc) is 2.45. The number of thioether (sulfide) groups is 1. The summed E-state index contributed by atoms with van der Waals surface area (Å²) in [5.41, 5.74) is 1.31. The van der Waals surface area contributed by atoms with Crippen LogP contribution in [0, 0.1) is 0 Å². The Balaban J connectivity index is 1.76. The molecule has 0 amide bonds. The third-order valence-electron chi connectivity index (χ3n) is 2.94. The minimum atomic E-state index is 0.368. The maximum Gasteiger partial charge on any atom is 0.0303 e. The Labute approximate surface area is 127 Å². The predicted octanol–water partition coefficient (Wildman–Crippen LogP) is 4.89. The van der Waals surface area contributed by atoms with Crippen LogP contribution in [0.25, 0.3) is 0 Å². The van der Waals surface area contributed by atoms with Crippen molar-refractivity contribution in [2.75, 3.05) is 12.3 Å². The number of hydrogen-bond donors (Lipinski definition) is 1. The maximum atomic E-state index is 3.60. The fourth-order valence-corrected chi connectivity index (χ4v) is 3.33. The summed E-state index contributed by atoms with van der Waals surface area (Å²) in [4.78, 5) is 1.33. The second-order valence-electron chi connectivity index (χ2n) is 4.36. The molecule has 100 valence electrons. The molecule has 0 fully saturated rings. The Kier molecular flexibility index (Phi) is 5.95. The standard InChI is InChI=1S/C16H18BrNS/c1-13(15-9-5-6-10-16(15)17)18-11-12-19-14-7-3-2-4-8-14/h2-10,13,18H,11-12H2,1H3/t13-/m0/s1. The molecule has 0 heterocycles. The van der Waals surface area contributed by atoms with Crippen LogP contribution in [-0.4, -0.2) is 12.3 Å². The first-order valence-electron chi connectivity index (χ1n) is 6.43. The predicted molar refractivity (Wildman–Crippen MR) is 87.7 cm³/mol. The lowest BCUT2D eigenvalue weighted by Crippen LogP contribution is -2.21. The lowest BCUT2D eigenvalue weighted by molar-refractivity contribution is 0.599. The van der Waals surface area contributed by atoms with Gasteiger partial charge in [-0.2, -0.15) is 0 Å². The van der Waals surface area contributed by atoms with E-state index in [4.69, 9.17) is 0 Å². The van der Waals surface area contributed by atoms with Crippen molar-refractivity contribution in [1.82, 2.24) is 5.32 Å². The molecule has 0 aliphatic rings. The van der Waals surface area contributed by atoms with E-state index in [2.05, 4.69) is 76.7 Å². The van der Waals surface area contributed by atoms with Gasteiger partial charge < -0.3 is 5.32 Å². The average molecular weight is 336 g/mol. The summed E-state index contributed by atoms with van der Waals surface area (Å²) in [6.07, 6.45) is 0. The highest BCUT2D eigenvalue weighted by atomic mass is 79.9. The van der Waals surface area contributed by atoms with Gasteiger partial charge in [0.15, 0.2) is 0 Å². The van der Waals surface area contributed by atoms with Crippen molar-refractivity contribution in [3.63, 3.8) is 0 Å². The molecule has 1 atom stereocenters. The van der Waals surface area contributed by atoms with E-state index in [-0.39, 0.29) is 0 Å². The van der Waals surface area contributed by atoms with Crippen molar-refractivity contribution in [3.05, 3.63) is 64.6 Å². The van der Waals surface area contributed by atoms with E-state index in [1.165, 1.54) is 14.9 Å². The maximum absolute atomic E-state index is 3.60. The molecule has 3 heteroatoms. The molecule has 0 spiro atoms. The SMILES string of the molecule is C[C@H](NCCSc1ccccc1)c1ccccc1Br. The molecule has 0 aliphatic heterocycles. The van der Waals surface area contributed by atoms with Crippen LogP contribution < -0.4 is 5.32 Å². The number of nitrogens with one attached hydrogen (secondary N) is 1. The van der Waals surface area contributed by atoms with Crippen LogP contribution in [0.3, 0.4) is 0 Å². The molecule has 1 N–H and O–H groups in total. The molecule has 2 aromatic carbocycles. The molecule has 0 unspecified atom stereocenters. The van der Waals surface area contributed by atoms with Crippen LogP contribution in [0.1, 0.15) is 18.5 Å². The first-order valence-corrected chi connectivity index (χ1v) is 8.21. The van der Waals surface area contributed by atoms with Crippen molar-refractivity contribution in [3.8, 4) is 0 Å². The minimum Gasteiger partial charge on any atom is -0.309 e. The Morgan fingerprint density at radius 3 is 2.47 bits per heavy atom. The largest absolute Gasteiger partial charge is 0.309 e. The second-order valence-corrected chi connectivity index (χ2v) is 6.38. The molecule has 0 aromatic heterocycles. The van der Waals surface area contributed by atoms with Gasteiger partial charge in [-0.25, -0.2) is 0 Å². The van der Waals surface area contributed by atoms with Crippen molar-refractivity contribution >= 4 is 27.7 Å². The summed E-state index contributed by atoms with van der Waals surface area (Å²) in [6, 6.07) is 19.3. The van der Waals surface area contributed by atoms with Crippen molar-refractivity contribution < 1.29 is 0 Å². The number of benzene rings is 2. The highest BCUT2D eigenvalue weighted by Gasteiger charge is 2.07. The van der Waals surface area contributed by atoms with Crippen molar-refractivity contribution in [2.45, 2.75) is 17.9 Å². The first-order chi connectivity index (χ1) is 9.27. The van der Waals surface area contributed by atoms with Gasteiger partial charge in [-0.15, -0.1) is 11.8 Å². The van der Waals surface area contributed by atoms with E-state index in [9.17, 15) is 0 Å². The topological polar surface area (TPSA) is 12.0 Å². The van der Waals surface area contributed by atoms with Crippen LogP contribution >= 0.6 is 27.7 Å². The Morgan fingerprint density at radius 2 is 1.74 bits per heavy atom. The second kappa shape index (κ2) is 7.73. The van der Waals surface area contributed by atoms with E-state index in [1.807, 2.05) is 17.8 Å².